The molecule has 0 aliphatic carbocycles. The number of pyridine rings is 3. The fourth-order valence-electron chi connectivity index (χ4n) is 2.41. The summed E-state index contributed by atoms with van der Waals surface area (Å²) in [5.74, 6) is -0.406. The van der Waals surface area contributed by atoms with Gasteiger partial charge in [0.1, 0.15) is 5.56 Å². The van der Waals surface area contributed by atoms with Crippen LogP contribution in [0.2, 0.25) is 0 Å². The normalized spacial score (nSPS) is 10.6. The number of fused-ring (bicyclic) bond motifs is 1. The number of carbonyl (C=O) groups is 1. The fraction of sp³-hybridized carbons (Fsp3) is 0.222. The predicted molar refractivity (Wildman–Crippen MR) is 91.8 cm³/mol. The molecule has 6 heteroatoms. The molecule has 0 radical (unpaired) electrons. The lowest BCUT2D eigenvalue weighted by molar-refractivity contribution is 0.0527. The van der Waals surface area contributed by atoms with Crippen molar-refractivity contribution in [3.8, 4) is 0 Å². The van der Waals surface area contributed by atoms with E-state index in [-0.39, 0.29) is 0 Å². The smallest absolute Gasteiger partial charge is 0.341 e. The van der Waals surface area contributed by atoms with Crippen molar-refractivity contribution in [2.24, 2.45) is 0 Å². The van der Waals surface area contributed by atoms with Gasteiger partial charge in [-0.05, 0) is 38.1 Å². The van der Waals surface area contributed by atoms with Gasteiger partial charge >= 0.3 is 5.97 Å². The van der Waals surface area contributed by atoms with Gasteiger partial charge in [-0.15, -0.1) is 0 Å². The van der Waals surface area contributed by atoms with E-state index in [0.29, 0.717) is 30.0 Å². The van der Waals surface area contributed by atoms with Crippen LogP contribution in [0.4, 0.5) is 5.69 Å². The van der Waals surface area contributed by atoms with Gasteiger partial charge in [0.05, 0.1) is 24.5 Å². The molecule has 0 amide bonds. The van der Waals surface area contributed by atoms with Crippen LogP contribution in [0.1, 0.15) is 28.7 Å². The van der Waals surface area contributed by atoms with Gasteiger partial charge in [0, 0.05) is 23.5 Å². The van der Waals surface area contributed by atoms with Gasteiger partial charge in [-0.25, -0.2) is 14.8 Å². The number of aryl methyl sites for hydroxylation is 1. The molecular formula is C18H18N4O2. The van der Waals surface area contributed by atoms with E-state index in [1.807, 2.05) is 37.3 Å². The van der Waals surface area contributed by atoms with E-state index >= 15 is 0 Å². The molecule has 0 aromatic carbocycles. The number of esters is 1. The molecule has 3 rings (SSSR count). The molecule has 122 valence electrons. The number of hydrogen-bond donors (Lipinski definition) is 1. The number of ether oxygens (including phenoxy) is 1. The Labute approximate surface area is 139 Å². The van der Waals surface area contributed by atoms with Crippen molar-refractivity contribution in [3.05, 3.63) is 59.7 Å². The monoisotopic (exact) mass is 322 g/mol. The minimum Gasteiger partial charge on any atom is -0.462 e. The molecule has 3 aromatic heterocycles. The standard InChI is InChI=1S/C18H18N4O2/c1-3-24-18(23)15-11-21-17-14(8-7-12(2)22-17)16(15)20-10-13-6-4-5-9-19-13/h4-9,11H,3,10H2,1-2H3,(H,20,21,22). The van der Waals surface area contributed by atoms with Crippen LogP contribution >= 0.6 is 0 Å². The number of hydrogen-bond acceptors (Lipinski definition) is 6. The molecule has 0 atom stereocenters. The SMILES string of the molecule is CCOC(=O)c1cnc2nc(C)ccc2c1NCc1ccccn1. The van der Waals surface area contributed by atoms with Gasteiger partial charge in [-0.1, -0.05) is 6.07 Å². The molecule has 0 aliphatic rings. The molecule has 1 N–H and O–H groups in total. The summed E-state index contributed by atoms with van der Waals surface area (Å²) in [7, 11) is 0. The summed E-state index contributed by atoms with van der Waals surface area (Å²) < 4.78 is 5.14. The van der Waals surface area contributed by atoms with E-state index in [1.54, 1.807) is 13.1 Å². The van der Waals surface area contributed by atoms with Crippen molar-refractivity contribution in [2.75, 3.05) is 11.9 Å². The highest BCUT2D eigenvalue weighted by Crippen LogP contribution is 2.26. The Bertz CT molecular complexity index is 866. The highest BCUT2D eigenvalue weighted by Gasteiger charge is 2.17. The van der Waals surface area contributed by atoms with Crippen molar-refractivity contribution < 1.29 is 9.53 Å². The second-order valence-electron chi connectivity index (χ2n) is 5.27. The Balaban J connectivity index is 2.03. The second kappa shape index (κ2) is 7.04. The van der Waals surface area contributed by atoms with Crippen molar-refractivity contribution >= 4 is 22.7 Å². The first kappa shape index (κ1) is 15.9. The van der Waals surface area contributed by atoms with Crippen molar-refractivity contribution in [3.63, 3.8) is 0 Å². The molecule has 0 fully saturated rings. The third kappa shape index (κ3) is 3.32. The Hall–Kier alpha value is -3.02. The summed E-state index contributed by atoms with van der Waals surface area (Å²) in [4.78, 5) is 25.3. The number of anilines is 1. The average molecular weight is 322 g/mol. The van der Waals surface area contributed by atoms with Crippen LogP contribution in [0.15, 0.2) is 42.7 Å². The van der Waals surface area contributed by atoms with E-state index in [9.17, 15) is 4.79 Å². The highest BCUT2D eigenvalue weighted by atomic mass is 16.5. The van der Waals surface area contributed by atoms with Gasteiger partial charge in [-0.3, -0.25) is 4.98 Å². The Morgan fingerprint density at radius 1 is 1.21 bits per heavy atom. The average Bonchev–Trinajstić information content (AvgIpc) is 2.60. The van der Waals surface area contributed by atoms with Crippen molar-refractivity contribution in [1.29, 1.82) is 0 Å². The first-order valence-corrected chi connectivity index (χ1v) is 7.76. The summed E-state index contributed by atoms with van der Waals surface area (Å²) in [5, 5.41) is 4.07. The number of rotatable bonds is 5. The molecule has 0 aliphatic heterocycles. The molecule has 3 aromatic rings. The Morgan fingerprint density at radius 2 is 2.08 bits per heavy atom. The second-order valence-corrected chi connectivity index (χ2v) is 5.27. The summed E-state index contributed by atoms with van der Waals surface area (Å²) in [6, 6.07) is 9.51. The maximum atomic E-state index is 12.2. The third-order valence-electron chi connectivity index (χ3n) is 3.54. The Kier molecular flexibility index (Phi) is 4.65. The number of aromatic nitrogens is 3. The first-order chi connectivity index (χ1) is 11.7. The maximum Gasteiger partial charge on any atom is 0.341 e. The summed E-state index contributed by atoms with van der Waals surface area (Å²) in [6.07, 6.45) is 3.24. The quantitative estimate of drug-likeness (QED) is 0.727. The van der Waals surface area contributed by atoms with Gasteiger partial charge in [0.15, 0.2) is 5.65 Å². The lowest BCUT2D eigenvalue weighted by Crippen LogP contribution is -2.12. The lowest BCUT2D eigenvalue weighted by atomic mass is 10.1. The van der Waals surface area contributed by atoms with Crippen molar-refractivity contribution in [2.45, 2.75) is 20.4 Å². The van der Waals surface area contributed by atoms with Crippen LogP contribution in [0.25, 0.3) is 11.0 Å². The van der Waals surface area contributed by atoms with Crippen LogP contribution in [-0.2, 0) is 11.3 Å². The van der Waals surface area contributed by atoms with Crippen LogP contribution in [0.5, 0.6) is 0 Å². The molecule has 3 heterocycles. The molecule has 0 spiro atoms. The highest BCUT2D eigenvalue weighted by molar-refractivity contribution is 6.04. The summed E-state index contributed by atoms with van der Waals surface area (Å²) >= 11 is 0. The van der Waals surface area contributed by atoms with Gasteiger partial charge in [0.25, 0.3) is 0 Å². The molecule has 0 unspecified atom stereocenters. The van der Waals surface area contributed by atoms with Gasteiger partial charge in [-0.2, -0.15) is 0 Å². The van der Waals surface area contributed by atoms with Gasteiger partial charge in [0.2, 0.25) is 0 Å². The zero-order valence-electron chi connectivity index (χ0n) is 13.6. The van der Waals surface area contributed by atoms with E-state index in [0.717, 1.165) is 16.8 Å². The van der Waals surface area contributed by atoms with Crippen LogP contribution < -0.4 is 5.32 Å². The molecule has 6 nitrogen and oxygen atoms in total. The largest absolute Gasteiger partial charge is 0.462 e. The zero-order chi connectivity index (χ0) is 16.9. The van der Waals surface area contributed by atoms with Gasteiger partial charge < -0.3 is 10.1 Å². The van der Waals surface area contributed by atoms with Crippen molar-refractivity contribution in [1.82, 2.24) is 15.0 Å². The molecule has 0 saturated heterocycles. The predicted octanol–water partition coefficient (Wildman–Crippen LogP) is 3.12. The van der Waals surface area contributed by atoms with E-state index in [4.69, 9.17) is 4.74 Å². The first-order valence-electron chi connectivity index (χ1n) is 7.76. The summed E-state index contributed by atoms with van der Waals surface area (Å²) in [6.45, 7) is 4.47. The third-order valence-corrected chi connectivity index (χ3v) is 3.54. The fourth-order valence-corrected chi connectivity index (χ4v) is 2.41. The molecular weight excluding hydrogens is 304 g/mol. The minimum atomic E-state index is -0.406. The number of carbonyl (C=O) groups excluding carboxylic acids is 1. The van der Waals surface area contributed by atoms with Crippen LogP contribution in [0, 0.1) is 6.92 Å². The van der Waals surface area contributed by atoms with Crippen LogP contribution in [0.3, 0.4) is 0 Å². The van der Waals surface area contributed by atoms with Crippen LogP contribution in [-0.4, -0.2) is 27.5 Å². The number of nitrogens with zero attached hydrogens (tertiary/aromatic N) is 3. The molecule has 24 heavy (non-hydrogen) atoms. The van der Waals surface area contributed by atoms with E-state index < -0.39 is 5.97 Å². The Morgan fingerprint density at radius 3 is 2.83 bits per heavy atom. The lowest BCUT2D eigenvalue weighted by Gasteiger charge is -2.13. The molecule has 0 saturated carbocycles. The van der Waals surface area contributed by atoms with E-state index in [1.165, 1.54) is 6.20 Å². The maximum absolute atomic E-state index is 12.2. The zero-order valence-corrected chi connectivity index (χ0v) is 13.6. The molecule has 0 bridgehead atoms. The topological polar surface area (TPSA) is 77.0 Å². The number of nitrogens with one attached hydrogen (secondary N) is 1. The minimum absolute atomic E-state index is 0.308. The summed E-state index contributed by atoms with van der Waals surface area (Å²) in [5.41, 5.74) is 3.39. The van der Waals surface area contributed by atoms with E-state index in [2.05, 4.69) is 20.3 Å².